The molecule has 20 heavy (non-hydrogen) atoms. The van der Waals surface area contributed by atoms with Gasteiger partial charge in [-0.05, 0) is 29.7 Å². The van der Waals surface area contributed by atoms with E-state index in [0.29, 0.717) is 12.0 Å². The van der Waals surface area contributed by atoms with Gasteiger partial charge in [0.05, 0.1) is 6.10 Å². The van der Waals surface area contributed by atoms with Crippen LogP contribution in [0.4, 0.5) is 22.0 Å². The van der Waals surface area contributed by atoms with Crippen molar-refractivity contribution in [1.29, 1.82) is 0 Å². The second-order valence-electron chi connectivity index (χ2n) is 4.58. The molecule has 0 aromatic heterocycles. The van der Waals surface area contributed by atoms with Crippen LogP contribution in [0.2, 0.25) is 0 Å². The van der Waals surface area contributed by atoms with Gasteiger partial charge in [0.2, 0.25) is 0 Å². The summed E-state index contributed by atoms with van der Waals surface area (Å²) < 4.78 is 69.0. The molecule has 0 N–H and O–H groups in total. The zero-order valence-corrected chi connectivity index (χ0v) is 11.3. The molecule has 0 fully saturated rings. The van der Waals surface area contributed by atoms with E-state index in [9.17, 15) is 22.0 Å². The highest BCUT2D eigenvalue weighted by Gasteiger charge is 2.43. The fourth-order valence-corrected chi connectivity index (χ4v) is 2.02. The van der Waals surface area contributed by atoms with Crippen LogP contribution in [0, 0.1) is 5.82 Å². The van der Waals surface area contributed by atoms with Gasteiger partial charge in [-0.2, -0.15) is 0 Å². The van der Waals surface area contributed by atoms with Gasteiger partial charge in [-0.3, -0.25) is 0 Å². The second kappa shape index (κ2) is 7.02. The Morgan fingerprint density at radius 1 is 1.25 bits per heavy atom. The molecule has 0 aliphatic carbocycles. The Morgan fingerprint density at radius 2 is 1.90 bits per heavy atom. The molecule has 1 aromatic carbocycles. The molecule has 0 saturated heterocycles. The van der Waals surface area contributed by atoms with Crippen LogP contribution in [-0.4, -0.2) is 19.5 Å². The summed E-state index contributed by atoms with van der Waals surface area (Å²) >= 11 is 0. The number of methoxy groups -OCH3 is 1. The minimum Gasteiger partial charge on any atom is -0.377 e. The first kappa shape index (κ1) is 16.9. The van der Waals surface area contributed by atoms with E-state index in [1.807, 2.05) is 6.92 Å². The van der Waals surface area contributed by atoms with Gasteiger partial charge in [-0.1, -0.05) is 19.4 Å². The van der Waals surface area contributed by atoms with E-state index in [1.54, 1.807) is 0 Å². The van der Waals surface area contributed by atoms with E-state index < -0.39 is 30.7 Å². The fraction of sp³-hybridized carbons (Fsp3) is 0.571. The number of benzene rings is 1. The molecule has 1 nitrogen and oxygen atoms in total. The van der Waals surface area contributed by atoms with Gasteiger partial charge in [0, 0.05) is 13.5 Å². The largest absolute Gasteiger partial charge is 0.377 e. The maximum absolute atomic E-state index is 13.3. The van der Waals surface area contributed by atoms with E-state index in [0.717, 1.165) is 19.6 Å². The monoisotopic (exact) mass is 296 g/mol. The number of halogens is 5. The van der Waals surface area contributed by atoms with Crippen molar-refractivity contribution in [3.63, 3.8) is 0 Å². The third kappa shape index (κ3) is 4.16. The highest BCUT2D eigenvalue weighted by molar-refractivity contribution is 5.30. The molecule has 0 spiro atoms. The van der Waals surface area contributed by atoms with Crippen molar-refractivity contribution in [2.75, 3.05) is 7.11 Å². The Balaban J connectivity index is 3.08. The number of rotatable bonds is 7. The van der Waals surface area contributed by atoms with Gasteiger partial charge in [-0.25, -0.2) is 22.0 Å². The molecule has 1 rings (SSSR count). The first-order chi connectivity index (χ1) is 9.31. The molecule has 1 aromatic rings. The minimum absolute atomic E-state index is 0.203. The number of hydrogen-bond donors (Lipinski definition) is 0. The average molecular weight is 296 g/mol. The predicted molar refractivity (Wildman–Crippen MR) is 65.7 cm³/mol. The summed E-state index contributed by atoms with van der Waals surface area (Å²) in [7, 11) is 1.15. The zero-order valence-electron chi connectivity index (χ0n) is 11.3. The molecule has 0 bridgehead atoms. The molecule has 0 aliphatic heterocycles. The van der Waals surface area contributed by atoms with E-state index in [2.05, 4.69) is 0 Å². The molecule has 0 amide bonds. The normalized spacial score (nSPS) is 13.8. The van der Waals surface area contributed by atoms with Gasteiger partial charge in [0.15, 0.2) is 0 Å². The van der Waals surface area contributed by atoms with Crippen LogP contribution in [0.3, 0.4) is 0 Å². The molecule has 1 atom stereocenters. The predicted octanol–water partition coefficient (Wildman–Crippen LogP) is 4.76. The lowest BCUT2D eigenvalue weighted by molar-refractivity contribution is -0.152. The second-order valence-corrected chi connectivity index (χ2v) is 4.58. The molecule has 0 saturated carbocycles. The summed E-state index contributed by atoms with van der Waals surface area (Å²) in [4.78, 5) is 0. The Morgan fingerprint density at radius 3 is 2.40 bits per heavy atom. The highest BCUT2D eigenvalue weighted by Crippen LogP contribution is 2.36. The number of ether oxygens (including phenoxy) is 1. The van der Waals surface area contributed by atoms with Gasteiger partial charge < -0.3 is 4.74 Å². The quantitative estimate of drug-likeness (QED) is 0.659. The van der Waals surface area contributed by atoms with Crippen molar-refractivity contribution in [2.45, 2.75) is 44.6 Å². The van der Waals surface area contributed by atoms with E-state index >= 15 is 0 Å². The lowest BCUT2D eigenvalue weighted by Crippen LogP contribution is -2.29. The third-order valence-electron chi connectivity index (χ3n) is 3.04. The lowest BCUT2D eigenvalue weighted by Gasteiger charge is -2.24. The Bertz CT molecular complexity index is 434. The van der Waals surface area contributed by atoms with E-state index in [1.165, 1.54) is 12.1 Å². The Labute approximate surface area is 114 Å². The molecule has 1 unspecified atom stereocenters. The Kier molecular flexibility index (Phi) is 5.92. The maximum atomic E-state index is 13.3. The van der Waals surface area contributed by atoms with E-state index in [-0.39, 0.29) is 5.56 Å². The SMILES string of the molecule is CCCc1ccc(F)cc1C(CC(F)(F)C(F)F)OC. The smallest absolute Gasteiger partial charge is 0.310 e. The van der Waals surface area contributed by atoms with Crippen molar-refractivity contribution < 1.29 is 26.7 Å². The first-order valence-electron chi connectivity index (χ1n) is 6.29. The molecule has 0 aliphatic rings. The molecule has 0 heterocycles. The molecule has 6 heteroatoms. The van der Waals surface area contributed by atoms with Crippen LogP contribution < -0.4 is 0 Å². The van der Waals surface area contributed by atoms with Crippen LogP contribution in [0.5, 0.6) is 0 Å². The first-order valence-corrected chi connectivity index (χ1v) is 6.29. The fourth-order valence-electron chi connectivity index (χ4n) is 2.02. The summed E-state index contributed by atoms with van der Waals surface area (Å²) in [5.74, 6) is -4.78. The van der Waals surface area contributed by atoms with Crippen molar-refractivity contribution in [3.05, 3.63) is 35.1 Å². The maximum Gasteiger partial charge on any atom is 0.310 e. The van der Waals surface area contributed by atoms with Gasteiger partial charge >= 0.3 is 12.3 Å². The topological polar surface area (TPSA) is 9.23 Å². The van der Waals surface area contributed by atoms with Crippen LogP contribution in [-0.2, 0) is 11.2 Å². The van der Waals surface area contributed by atoms with Crippen molar-refractivity contribution in [1.82, 2.24) is 0 Å². The number of aryl methyl sites for hydroxylation is 1. The summed E-state index contributed by atoms with van der Waals surface area (Å²) in [6.45, 7) is 1.88. The van der Waals surface area contributed by atoms with Crippen LogP contribution >= 0.6 is 0 Å². The summed E-state index contributed by atoms with van der Waals surface area (Å²) in [6, 6.07) is 3.76. The molecule has 0 radical (unpaired) electrons. The van der Waals surface area contributed by atoms with E-state index in [4.69, 9.17) is 4.74 Å². The van der Waals surface area contributed by atoms with Gasteiger partial charge in [0.25, 0.3) is 0 Å². The number of hydrogen-bond acceptors (Lipinski definition) is 1. The summed E-state index contributed by atoms with van der Waals surface area (Å²) in [5.41, 5.74) is 0.834. The van der Waals surface area contributed by atoms with Crippen LogP contribution in [0.25, 0.3) is 0 Å². The third-order valence-corrected chi connectivity index (χ3v) is 3.04. The number of alkyl halides is 4. The molecular formula is C14H17F5O. The highest BCUT2D eigenvalue weighted by atomic mass is 19.3. The van der Waals surface area contributed by atoms with Crippen LogP contribution in [0.1, 0.15) is 37.0 Å². The summed E-state index contributed by atoms with van der Waals surface area (Å²) in [5, 5.41) is 0. The minimum atomic E-state index is -4.17. The van der Waals surface area contributed by atoms with Gasteiger partial charge in [-0.15, -0.1) is 0 Å². The molecular weight excluding hydrogens is 279 g/mol. The lowest BCUT2D eigenvalue weighted by atomic mass is 9.95. The summed E-state index contributed by atoms with van der Waals surface area (Å²) in [6.07, 6.45) is -4.96. The molecule has 114 valence electrons. The van der Waals surface area contributed by atoms with Crippen molar-refractivity contribution >= 4 is 0 Å². The standard InChI is InChI=1S/C14H17F5O/c1-3-4-9-5-6-10(15)7-11(9)12(20-2)8-14(18,19)13(16)17/h5-7,12-13H,3-4,8H2,1-2H3. The van der Waals surface area contributed by atoms with Gasteiger partial charge in [0.1, 0.15) is 5.82 Å². The average Bonchev–Trinajstić information content (AvgIpc) is 2.38. The zero-order chi connectivity index (χ0) is 15.3. The van der Waals surface area contributed by atoms with Crippen molar-refractivity contribution in [3.8, 4) is 0 Å². The van der Waals surface area contributed by atoms with Crippen LogP contribution in [0.15, 0.2) is 18.2 Å². The Hall–Kier alpha value is -1.17. The van der Waals surface area contributed by atoms with Crippen molar-refractivity contribution in [2.24, 2.45) is 0 Å².